The van der Waals surface area contributed by atoms with E-state index in [0.29, 0.717) is 17.0 Å². The van der Waals surface area contributed by atoms with Crippen molar-refractivity contribution in [2.75, 3.05) is 13.2 Å². The number of nitrogens with zero attached hydrogens (tertiary/aromatic N) is 2. The molecule has 0 aliphatic carbocycles. The van der Waals surface area contributed by atoms with E-state index in [1.807, 2.05) is 44.2 Å². The number of aliphatic hydroxyl groups is 1. The van der Waals surface area contributed by atoms with E-state index in [2.05, 4.69) is 26.1 Å². The lowest BCUT2D eigenvalue weighted by molar-refractivity contribution is 0.0706. The highest BCUT2D eigenvalue weighted by atomic mass is 79.9. The van der Waals surface area contributed by atoms with Crippen molar-refractivity contribution in [1.29, 1.82) is 0 Å². The number of rotatable bonds is 4. The maximum atomic E-state index is 13.0. The Morgan fingerprint density at radius 2 is 2.04 bits per heavy atom. The Morgan fingerprint density at radius 3 is 2.71 bits per heavy atom. The molecule has 1 unspecified atom stereocenters. The van der Waals surface area contributed by atoms with E-state index in [9.17, 15) is 15.0 Å². The lowest BCUT2D eigenvalue weighted by atomic mass is 9.93. The maximum absolute atomic E-state index is 13.0. The number of benzene rings is 2. The van der Waals surface area contributed by atoms with Gasteiger partial charge in [0, 0.05) is 22.1 Å². The van der Waals surface area contributed by atoms with Crippen LogP contribution in [-0.4, -0.2) is 44.4 Å². The Bertz CT molecular complexity index is 1050. The van der Waals surface area contributed by atoms with Gasteiger partial charge in [0.05, 0.1) is 12.6 Å². The van der Waals surface area contributed by atoms with Crippen LogP contribution in [-0.2, 0) is 0 Å². The van der Waals surface area contributed by atoms with Gasteiger partial charge in [0.1, 0.15) is 17.1 Å². The summed E-state index contributed by atoms with van der Waals surface area (Å²) in [6, 6.07) is 11.0. The number of hydrogen-bond acceptors (Lipinski definition) is 4. The molecule has 0 bridgehead atoms. The SMILES string of the molecule is Cc1cc(C)c(-c2n[nH]c3c2C(c2cccc(Br)c2)N(CCO)C3=O)c(O)c1. The number of phenols is 1. The molecule has 1 atom stereocenters. The molecule has 0 radical (unpaired) electrons. The van der Waals surface area contributed by atoms with Crippen LogP contribution in [0.5, 0.6) is 5.75 Å². The number of halogens is 1. The molecule has 0 spiro atoms. The lowest BCUT2D eigenvalue weighted by Crippen LogP contribution is -2.32. The number of aromatic nitrogens is 2. The molecule has 0 saturated heterocycles. The molecule has 0 fully saturated rings. The predicted molar refractivity (Wildman–Crippen MR) is 109 cm³/mol. The van der Waals surface area contributed by atoms with Crippen molar-refractivity contribution in [2.45, 2.75) is 19.9 Å². The monoisotopic (exact) mass is 441 g/mol. The van der Waals surface area contributed by atoms with E-state index in [1.165, 1.54) is 0 Å². The zero-order valence-electron chi connectivity index (χ0n) is 15.5. The highest BCUT2D eigenvalue weighted by Gasteiger charge is 2.42. The molecule has 144 valence electrons. The normalized spacial score (nSPS) is 15.9. The second kappa shape index (κ2) is 7.07. The van der Waals surface area contributed by atoms with Crippen LogP contribution < -0.4 is 0 Å². The summed E-state index contributed by atoms with van der Waals surface area (Å²) >= 11 is 3.49. The Kier molecular flexibility index (Phi) is 4.72. The Hall–Kier alpha value is -2.64. The van der Waals surface area contributed by atoms with Crippen LogP contribution in [0.25, 0.3) is 11.3 Å². The van der Waals surface area contributed by atoms with Gasteiger partial charge in [0.2, 0.25) is 0 Å². The van der Waals surface area contributed by atoms with Crippen LogP contribution in [0.1, 0.15) is 38.8 Å². The van der Waals surface area contributed by atoms with Gasteiger partial charge in [-0.1, -0.05) is 34.1 Å². The second-order valence-corrected chi connectivity index (χ2v) is 7.93. The van der Waals surface area contributed by atoms with Crippen molar-refractivity contribution >= 4 is 21.8 Å². The topological polar surface area (TPSA) is 89.5 Å². The van der Waals surface area contributed by atoms with Crippen LogP contribution in [0, 0.1) is 13.8 Å². The first-order valence-corrected chi connectivity index (χ1v) is 9.77. The first-order valence-electron chi connectivity index (χ1n) is 8.98. The molecule has 1 aromatic heterocycles. The summed E-state index contributed by atoms with van der Waals surface area (Å²) in [6.07, 6.45) is 0. The van der Waals surface area contributed by atoms with E-state index in [-0.39, 0.29) is 24.8 Å². The number of carbonyl (C=O) groups excluding carboxylic acids is 1. The molecule has 2 aromatic carbocycles. The van der Waals surface area contributed by atoms with Gasteiger partial charge in [0.25, 0.3) is 5.91 Å². The fourth-order valence-electron chi connectivity index (χ4n) is 4.00. The number of β-amino-alcohol motifs (C(OH)–C–C–N with tert-alkyl or cyclic N) is 1. The van der Waals surface area contributed by atoms with Gasteiger partial charge in [-0.2, -0.15) is 5.10 Å². The highest BCUT2D eigenvalue weighted by molar-refractivity contribution is 9.10. The van der Waals surface area contributed by atoms with Crippen LogP contribution in [0.3, 0.4) is 0 Å². The number of phenolic OH excluding ortho intramolecular Hbond substituents is 1. The molecule has 3 N–H and O–H groups in total. The Balaban J connectivity index is 1.96. The fraction of sp³-hybridized carbons (Fsp3) is 0.238. The van der Waals surface area contributed by atoms with E-state index < -0.39 is 6.04 Å². The van der Waals surface area contributed by atoms with Gasteiger partial charge in [0.15, 0.2) is 0 Å². The van der Waals surface area contributed by atoms with E-state index >= 15 is 0 Å². The lowest BCUT2D eigenvalue weighted by Gasteiger charge is -2.26. The summed E-state index contributed by atoms with van der Waals surface area (Å²) < 4.78 is 0.897. The molecule has 1 amide bonds. The smallest absolute Gasteiger partial charge is 0.273 e. The molecule has 28 heavy (non-hydrogen) atoms. The number of aliphatic hydroxyl groups excluding tert-OH is 1. The highest BCUT2D eigenvalue weighted by Crippen LogP contribution is 2.45. The zero-order chi connectivity index (χ0) is 20.0. The summed E-state index contributed by atoms with van der Waals surface area (Å²) in [5.74, 6) is -0.0788. The van der Waals surface area contributed by atoms with Gasteiger partial charge < -0.3 is 15.1 Å². The zero-order valence-corrected chi connectivity index (χ0v) is 17.1. The minimum Gasteiger partial charge on any atom is -0.507 e. The molecule has 4 rings (SSSR count). The summed E-state index contributed by atoms with van der Waals surface area (Å²) in [5, 5.41) is 27.4. The van der Waals surface area contributed by atoms with E-state index in [1.54, 1.807) is 11.0 Å². The average Bonchev–Trinajstić information content (AvgIpc) is 3.15. The predicted octanol–water partition coefficient (Wildman–Crippen LogP) is 3.70. The number of carbonyl (C=O) groups is 1. The summed E-state index contributed by atoms with van der Waals surface area (Å²) in [5.41, 5.74) is 5.03. The minimum atomic E-state index is -0.402. The van der Waals surface area contributed by atoms with Gasteiger partial charge in [-0.05, 0) is 48.7 Å². The number of H-pyrrole nitrogens is 1. The van der Waals surface area contributed by atoms with Crippen molar-refractivity contribution < 1.29 is 15.0 Å². The number of fused-ring (bicyclic) bond motifs is 1. The van der Waals surface area contributed by atoms with Crippen molar-refractivity contribution in [1.82, 2.24) is 15.1 Å². The molecule has 7 heteroatoms. The summed E-state index contributed by atoms with van der Waals surface area (Å²) in [4.78, 5) is 14.6. The molecule has 1 aliphatic heterocycles. The van der Waals surface area contributed by atoms with Gasteiger partial charge in [-0.3, -0.25) is 9.89 Å². The van der Waals surface area contributed by atoms with Gasteiger partial charge >= 0.3 is 0 Å². The minimum absolute atomic E-state index is 0.132. The first-order chi connectivity index (χ1) is 13.4. The Labute approximate surface area is 171 Å². The van der Waals surface area contributed by atoms with Crippen LogP contribution in [0.4, 0.5) is 0 Å². The Morgan fingerprint density at radius 1 is 1.25 bits per heavy atom. The molecular weight excluding hydrogens is 422 g/mol. The van der Waals surface area contributed by atoms with Gasteiger partial charge in [-0.15, -0.1) is 0 Å². The summed E-state index contributed by atoms with van der Waals surface area (Å²) in [7, 11) is 0. The quantitative estimate of drug-likeness (QED) is 0.575. The van der Waals surface area contributed by atoms with E-state index in [0.717, 1.165) is 26.7 Å². The van der Waals surface area contributed by atoms with Crippen molar-refractivity contribution in [3.05, 3.63) is 68.8 Å². The van der Waals surface area contributed by atoms with E-state index in [4.69, 9.17) is 0 Å². The number of aromatic hydroxyl groups is 1. The van der Waals surface area contributed by atoms with Gasteiger partial charge in [-0.25, -0.2) is 0 Å². The molecule has 3 aromatic rings. The third-order valence-corrected chi connectivity index (χ3v) is 5.56. The number of aromatic amines is 1. The number of amides is 1. The second-order valence-electron chi connectivity index (χ2n) is 7.02. The molecule has 0 saturated carbocycles. The van der Waals surface area contributed by atoms with Crippen LogP contribution >= 0.6 is 15.9 Å². The average molecular weight is 442 g/mol. The van der Waals surface area contributed by atoms with Crippen LogP contribution in [0.2, 0.25) is 0 Å². The third kappa shape index (κ3) is 2.91. The molecule has 1 aliphatic rings. The number of nitrogens with one attached hydrogen (secondary N) is 1. The molecule has 2 heterocycles. The maximum Gasteiger partial charge on any atom is 0.273 e. The van der Waals surface area contributed by atoms with Crippen LogP contribution in [0.15, 0.2) is 40.9 Å². The van der Waals surface area contributed by atoms with Crippen molar-refractivity contribution in [3.63, 3.8) is 0 Å². The van der Waals surface area contributed by atoms with Crippen molar-refractivity contribution in [3.8, 4) is 17.0 Å². The largest absolute Gasteiger partial charge is 0.507 e. The van der Waals surface area contributed by atoms with Crippen molar-refractivity contribution in [2.24, 2.45) is 0 Å². The fourth-order valence-corrected chi connectivity index (χ4v) is 4.42. The first kappa shape index (κ1) is 18.7. The summed E-state index contributed by atoms with van der Waals surface area (Å²) in [6.45, 7) is 3.90. The molecular formula is C21H20BrN3O3. The number of aryl methyl sites for hydroxylation is 2. The standard InChI is InChI=1S/C21H20BrN3O3/c1-11-8-12(2)16(15(27)9-11)18-17-19(24-23-18)21(28)25(6-7-26)20(17)13-4-3-5-14(22)10-13/h3-5,8-10,20,26-27H,6-7H2,1-2H3,(H,23,24). The third-order valence-electron chi connectivity index (χ3n) is 5.06. The molecule has 6 nitrogen and oxygen atoms in total. The number of hydrogen-bond donors (Lipinski definition) is 3.